The summed E-state index contributed by atoms with van der Waals surface area (Å²) in [5.41, 5.74) is 2.72. The van der Waals surface area contributed by atoms with Gasteiger partial charge in [-0.25, -0.2) is 4.98 Å². The van der Waals surface area contributed by atoms with Crippen LogP contribution in [0.3, 0.4) is 0 Å². The van der Waals surface area contributed by atoms with E-state index in [-0.39, 0.29) is 0 Å². The van der Waals surface area contributed by atoms with Crippen LogP contribution in [0.1, 0.15) is 5.69 Å². The molecule has 1 heterocycles. The zero-order valence-corrected chi connectivity index (χ0v) is 15.1. The summed E-state index contributed by atoms with van der Waals surface area (Å²) in [5.74, 6) is 1.95. The van der Waals surface area contributed by atoms with Gasteiger partial charge in [0.1, 0.15) is 11.6 Å². The number of benzene rings is 2. The average Bonchev–Trinajstić information content (AvgIpc) is 2.61. The van der Waals surface area contributed by atoms with Crippen LogP contribution in [-0.2, 0) is 0 Å². The van der Waals surface area contributed by atoms with Gasteiger partial charge in [-0.3, -0.25) is 0 Å². The molecule has 3 aromatic rings. The summed E-state index contributed by atoms with van der Waals surface area (Å²) >= 11 is 6.18. The molecule has 0 radical (unpaired) electrons. The number of aromatic nitrogens is 2. The lowest BCUT2D eigenvalue weighted by atomic mass is 10.3. The second kappa shape index (κ2) is 7.40. The van der Waals surface area contributed by atoms with Gasteiger partial charge in [0.05, 0.1) is 12.1 Å². The minimum atomic E-state index is 0.542. The molecule has 1 aromatic heterocycles. The normalized spacial score (nSPS) is 10.4. The van der Waals surface area contributed by atoms with Crippen LogP contribution in [0.25, 0.3) is 0 Å². The van der Waals surface area contributed by atoms with Gasteiger partial charge >= 0.3 is 0 Å². The molecule has 128 valence electrons. The third-order valence-electron chi connectivity index (χ3n) is 3.71. The fraction of sp³-hybridized carbons (Fsp3) is 0.158. The minimum Gasteiger partial charge on any atom is -0.495 e. The van der Waals surface area contributed by atoms with E-state index in [0.717, 1.165) is 17.1 Å². The van der Waals surface area contributed by atoms with E-state index in [1.165, 1.54) is 0 Å². The highest BCUT2D eigenvalue weighted by Gasteiger charge is 2.10. The van der Waals surface area contributed by atoms with Crippen LogP contribution in [0.15, 0.2) is 54.6 Å². The Bertz CT molecular complexity index is 871. The van der Waals surface area contributed by atoms with Gasteiger partial charge in [-0.05, 0) is 37.3 Å². The van der Waals surface area contributed by atoms with E-state index in [2.05, 4.69) is 15.3 Å². The molecule has 6 heteroatoms. The highest BCUT2D eigenvalue weighted by Crippen LogP contribution is 2.29. The van der Waals surface area contributed by atoms with Crippen molar-refractivity contribution in [3.63, 3.8) is 0 Å². The molecule has 25 heavy (non-hydrogen) atoms. The Kier molecular flexibility index (Phi) is 5.05. The number of para-hydroxylation sites is 1. The smallest absolute Gasteiger partial charge is 0.231 e. The summed E-state index contributed by atoms with van der Waals surface area (Å²) in [5, 5.41) is 3.81. The summed E-state index contributed by atoms with van der Waals surface area (Å²) < 4.78 is 5.18. The quantitative estimate of drug-likeness (QED) is 0.701. The first kappa shape index (κ1) is 17.0. The molecule has 0 aliphatic heterocycles. The molecule has 0 atom stereocenters. The Hall–Kier alpha value is -2.79. The van der Waals surface area contributed by atoms with Crippen molar-refractivity contribution in [2.24, 2.45) is 0 Å². The number of halogens is 1. The van der Waals surface area contributed by atoms with Crippen LogP contribution >= 0.6 is 11.6 Å². The fourth-order valence-electron chi connectivity index (χ4n) is 2.43. The summed E-state index contributed by atoms with van der Waals surface area (Å²) in [6.07, 6.45) is 0. The summed E-state index contributed by atoms with van der Waals surface area (Å²) in [6.45, 7) is 1.94. The zero-order chi connectivity index (χ0) is 17.8. The van der Waals surface area contributed by atoms with Crippen molar-refractivity contribution in [3.8, 4) is 5.75 Å². The van der Waals surface area contributed by atoms with Crippen molar-refractivity contribution in [1.29, 1.82) is 0 Å². The standard InChI is InChI=1S/C19H19ClN4O/c1-13-11-18(22-14-9-10-17(25-3)16(20)12-14)23-19(21-13)24(2)15-7-5-4-6-8-15/h4-12H,1-3H3,(H,21,22,23). The van der Waals surface area contributed by atoms with Crippen molar-refractivity contribution in [1.82, 2.24) is 9.97 Å². The lowest BCUT2D eigenvalue weighted by Gasteiger charge is -2.18. The number of nitrogens with zero attached hydrogens (tertiary/aromatic N) is 3. The molecule has 1 N–H and O–H groups in total. The Labute approximate surface area is 152 Å². The number of nitrogens with one attached hydrogen (secondary N) is 1. The minimum absolute atomic E-state index is 0.542. The van der Waals surface area contributed by atoms with Crippen molar-refractivity contribution in [3.05, 3.63) is 65.3 Å². The van der Waals surface area contributed by atoms with Crippen molar-refractivity contribution >= 4 is 34.7 Å². The third kappa shape index (κ3) is 4.00. The van der Waals surface area contributed by atoms with E-state index >= 15 is 0 Å². The third-order valence-corrected chi connectivity index (χ3v) is 4.01. The van der Waals surface area contributed by atoms with E-state index in [9.17, 15) is 0 Å². The number of anilines is 4. The molecule has 0 amide bonds. The van der Waals surface area contributed by atoms with Crippen LogP contribution in [0, 0.1) is 6.92 Å². The van der Waals surface area contributed by atoms with Gasteiger partial charge in [-0.2, -0.15) is 4.98 Å². The van der Waals surface area contributed by atoms with E-state index in [1.807, 2.05) is 67.4 Å². The molecule has 0 fully saturated rings. The predicted octanol–water partition coefficient (Wildman–Crippen LogP) is 4.96. The number of aryl methyl sites for hydroxylation is 1. The molecule has 3 rings (SSSR count). The van der Waals surface area contributed by atoms with E-state index in [1.54, 1.807) is 13.2 Å². The van der Waals surface area contributed by atoms with Gasteiger partial charge < -0.3 is 15.0 Å². The number of hydrogen-bond acceptors (Lipinski definition) is 5. The molecule has 0 aliphatic rings. The molecule has 2 aromatic carbocycles. The first-order valence-corrected chi connectivity index (χ1v) is 8.19. The Morgan fingerprint density at radius 2 is 1.80 bits per heavy atom. The van der Waals surface area contributed by atoms with Crippen LogP contribution in [0.2, 0.25) is 5.02 Å². The summed E-state index contributed by atoms with van der Waals surface area (Å²) in [6, 6.07) is 17.4. The largest absolute Gasteiger partial charge is 0.495 e. The number of ether oxygens (including phenoxy) is 1. The molecule has 5 nitrogen and oxygen atoms in total. The molecule has 0 saturated carbocycles. The molecule has 0 saturated heterocycles. The van der Waals surface area contributed by atoms with Gasteiger partial charge in [-0.15, -0.1) is 0 Å². The second-order valence-electron chi connectivity index (χ2n) is 5.56. The topological polar surface area (TPSA) is 50.3 Å². The zero-order valence-electron chi connectivity index (χ0n) is 14.3. The summed E-state index contributed by atoms with van der Waals surface area (Å²) in [7, 11) is 3.53. The monoisotopic (exact) mass is 354 g/mol. The lowest BCUT2D eigenvalue weighted by Crippen LogP contribution is -2.14. The van der Waals surface area contributed by atoms with E-state index in [4.69, 9.17) is 16.3 Å². The maximum absolute atomic E-state index is 6.18. The molecular formula is C19H19ClN4O. The van der Waals surface area contributed by atoms with Gasteiger partial charge in [0, 0.05) is 30.2 Å². The highest BCUT2D eigenvalue weighted by atomic mass is 35.5. The molecule has 0 spiro atoms. The Morgan fingerprint density at radius 3 is 2.48 bits per heavy atom. The van der Waals surface area contributed by atoms with Gasteiger partial charge in [-0.1, -0.05) is 29.8 Å². The second-order valence-corrected chi connectivity index (χ2v) is 5.97. The molecule has 0 unspecified atom stereocenters. The maximum Gasteiger partial charge on any atom is 0.231 e. The number of hydrogen-bond donors (Lipinski definition) is 1. The van der Waals surface area contributed by atoms with E-state index in [0.29, 0.717) is 22.5 Å². The first-order chi connectivity index (χ1) is 12.1. The van der Waals surface area contributed by atoms with Crippen LogP contribution < -0.4 is 15.0 Å². The van der Waals surface area contributed by atoms with Gasteiger partial charge in [0.15, 0.2) is 0 Å². The molecular weight excluding hydrogens is 336 g/mol. The van der Waals surface area contributed by atoms with Crippen molar-refractivity contribution in [2.45, 2.75) is 6.92 Å². The van der Waals surface area contributed by atoms with Crippen molar-refractivity contribution < 1.29 is 4.74 Å². The predicted molar refractivity (Wildman–Crippen MR) is 103 cm³/mol. The number of methoxy groups -OCH3 is 1. The van der Waals surface area contributed by atoms with Gasteiger partial charge in [0.2, 0.25) is 5.95 Å². The van der Waals surface area contributed by atoms with Crippen LogP contribution in [-0.4, -0.2) is 24.1 Å². The molecule has 0 aliphatic carbocycles. The SMILES string of the molecule is COc1ccc(Nc2cc(C)nc(N(C)c3ccccc3)n2)cc1Cl. The Morgan fingerprint density at radius 1 is 1.04 bits per heavy atom. The fourth-order valence-corrected chi connectivity index (χ4v) is 2.68. The highest BCUT2D eigenvalue weighted by molar-refractivity contribution is 6.32. The van der Waals surface area contributed by atoms with Gasteiger partial charge in [0.25, 0.3) is 0 Å². The lowest BCUT2D eigenvalue weighted by molar-refractivity contribution is 0.415. The van der Waals surface area contributed by atoms with Crippen LogP contribution in [0.4, 0.5) is 23.1 Å². The van der Waals surface area contributed by atoms with Crippen LogP contribution in [0.5, 0.6) is 5.75 Å². The van der Waals surface area contributed by atoms with E-state index < -0.39 is 0 Å². The Balaban J connectivity index is 1.88. The average molecular weight is 355 g/mol. The maximum atomic E-state index is 6.18. The first-order valence-electron chi connectivity index (χ1n) is 7.82. The molecule has 0 bridgehead atoms. The number of rotatable bonds is 5. The summed E-state index contributed by atoms with van der Waals surface area (Å²) in [4.78, 5) is 11.1. The van der Waals surface area contributed by atoms with Crippen molar-refractivity contribution in [2.75, 3.05) is 24.4 Å².